The highest BCUT2D eigenvalue weighted by Gasteiger charge is 2.21. The van der Waals surface area contributed by atoms with Gasteiger partial charge in [-0.15, -0.1) is 0 Å². The second kappa shape index (κ2) is 9.22. The molecule has 0 N–H and O–H groups in total. The first kappa shape index (κ1) is 10.3. The standard InChI is InChI=1S/C42H26N2O/c1-3-12-27(13-4-1)30-18-11-21-38-40(30)33-23-22-29(26-39(33)45-38)44-35-20-10-8-17-32(35)42-37(44)25-24-36-41(42)31-16-7-9-19-34(31)43(36)28-14-5-2-6-15-28/h1-26H/i1D,2D,3D,4D,5D,6D,7D,8D,9D,10D,11D,12D,13D,14D,15D,16D,17D,18D,19D,20D,21D,22D,23D,24D,25D,26D. The number of hydrogen-bond donors (Lipinski definition) is 0. The maximum Gasteiger partial charge on any atom is 0.137 e. The first-order valence-corrected chi connectivity index (χ1v) is 13.2. The van der Waals surface area contributed by atoms with Gasteiger partial charge in [-0.1, -0.05) is 96.7 Å². The van der Waals surface area contributed by atoms with E-state index in [0.29, 0.717) is 0 Å². The third-order valence-corrected chi connectivity index (χ3v) is 7.50. The smallest absolute Gasteiger partial charge is 0.137 e. The van der Waals surface area contributed by atoms with Crippen LogP contribution in [0.5, 0.6) is 0 Å². The minimum atomic E-state index is -0.967. The quantitative estimate of drug-likeness (QED) is 0.198. The van der Waals surface area contributed by atoms with Crippen molar-refractivity contribution in [2.75, 3.05) is 0 Å². The van der Waals surface area contributed by atoms with Gasteiger partial charge in [0.1, 0.15) is 11.2 Å². The zero-order chi connectivity index (χ0) is 52.1. The number of fused-ring (bicyclic) bond motifs is 10. The van der Waals surface area contributed by atoms with Crippen molar-refractivity contribution in [1.82, 2.24) is 9.13 Å². The second-order valence-electron chi connectivity index (χ2n) is 9.77. The number of furan rings is 1. The van der Waals surface area contributed by atoms with Gasteiger partial charge in [0.2, 0.25) is 0 Å². The third kappa shape index (κ3) is 3.41. The zero-order valence-corrected chi connectivity index (χ0v) is 22.3. The molecule has 0 aliphatic heterocycles. The van der Waals surface area contributed by atoms with Crippen LogP contribution < -0.4 is 0 Å². The molecule has 3 heterocycles. The van der Waals surface area contributed by atoms with E-state index in [0.717, 1.165) is 9.13 Å². The summed E-state index contributed by atoms with van der Waals surface area (Å²) in [7, 11) is 0. The molecule has 3 nitrogen and oxygen atoms in total. The van der Waals surface area contributed by atoms with Crippen LogP contribution in [0.2, 0.25) is 0 Å². The van der Waals surface area contributed by atoms with Crippen molar-refractivity contribution in [3.8, 4) is 22.5 Å². The average Bonchev–Trinajstić information content (AvgIpc) is 4.02. The van der Waals surface area contributed by atoms with Crippen LogP contribution in [0.15, 0.2) is 162 Å². The van der Waals surface area contributed by atoms with Gasteiger partial charge in [0.05, 0.1) is 57.7 Å². The summed E-state index contributed by atoms with van der Waals surface area (Å²) >= 11 is 0. The number of nitrogens with zero attached hydrogens (tertiary/aromatic N) is 2. The molecule has 0 aliphatic rings. The average molecular weight is 601 g/mol. The van der Waals surface area contributed by atoms with Crippen molar-refractivity contribution >= 4 is 65.6 Å². The lowest BCUT2D eigenvalue weighted by atomic mass is 9.99. The fraction of sp³-hybridized carbons (Fsp3) is 0. The van der Waals surface area contributed by atoms with Crippen molar-refractivity contribution in [2.45, 2.75) is 0 Å². The lowest BCUT2D eigenvalue weighted by Gasteiger charge is -2.09. The van der Waals surface area contributed by atoms with Crippen LogP contribution in [0.1, 0.15) is 35.6 Å². The summed E-state index contributed by atoms with van der Waals surface area (Å²) in [4.78, 5) is 0. The van der Waals surface area contributed by atoms with Gasteiger partial charge >= 0.3 is 0 Å². The Morgan fingerprint density at radius 2 is 1.00 bits per heavy atom. The topological polar surface area (TPSA) is 23.0 Å². The molecule has 45 heavy (non-hydrogen) atoms. The van der Waals surface area contributed by atoms with E-state index in [1.54, 1.807) is 0 Å². The fourth-order valence-electron chi connectivity index (χ4n) is 5.75. The Kier molecular flexibility index (Phi) is 2.10. The van der Waals surface area contributed by atoms with Crippen molar-refractivity contribution < 1.29 is 40.1 Å². The maximum atomic E-state index is 9.71. The molecular formula is C42H26N2O. The molecule has 0 unspecified atom stereocenters. The molecule has 210 valence electrons. The van der Waals surface area contributed by atoms with Gasteiger partial charge < -0.3 is 13.6 Å². The Hall–Kier alpha value is -6.06. The lowest BCUT2D eigenvalue weighted by Crippen LogP contribution is -1.94. The van der Waals surface area contributed by atoms with Crippen molar-refractivity contribution in [2.24, 2.45) is 0 Å². The number of rotatable bonds is 3. The van der Waals surface area contributed by atoms with E-state index in [4.69, 9.17) is 29.1 Å². The normalized spacial score (nSPS) is 20.1. The molecule has 0 spiro atoms. The highest BCUT2D eigenvalue weighted by Crippen LogP contribution is 2.43. The number of benzene rings is 7. The van der Waals surface area contributed by atoms with Gasteiger partial charge in [-0.25, -0.2) is 0 Å². The van der Waals surface area contributed by atoms with Gasteiger partial charge in [0.25, 0.3) is 0 Å². The second-order valence-corrected chi connectivity index (χ2v) is 9.77. The van der Waals surface area contributed by atoms with E-state index in [2.05, 4.69) is 0 Å². The fourth-order valence-corrected chi connectivity index (χ4v) is 5.75. The minimum Gasteiger partial charge on any atom is -0.456 e. The zero-order valence-electron chi connectivity index (χ0n) is 48.3. The van der Waals surface area contributed by atoms with Crippen LogP contribution >= 0.6 is 0 Å². The predicted octanol–water partition coefficient (Wildman–Crippen LogP) is 11.4. The van der Waals surface area contributed by atoms with E-state index in [9.17, 15) is 11.0 Å². The molecule has 0 fully saturated rings. The first-order chi connectivity index (χ1) is 33.2. The van der Waals surface area contributed by atoms with Gasteiger partial charge in [-0.3, -0.25) is 0 Å². The van der Waals surface area contributed by atoms with Gasteiger partial charge in [0, 0.05) is 49.7 Å². The molecule has 10 rings (SSSR count). The van der Waals surface area contributed by atoms with Crippen LogP contribution in [-0.4, -0.2) is 9.13 Å². The Bertz CT molecular complexity index is 4190. The molecule has 7 aromatic carbocycles. The van der Waals surface area contributed by atoms with Crippen LogP contribution in [-0.2, 0) is 0 Å². The Morgan fingerprint density at radius 3 is 1.69 bits per heavy atom. The van der Waals surface area contributed by atoms with Crippen molar-refractivity contribution in [3.63, 3.8) is 0 Å². The van der Waals surface area contributed by atoms with Gasteiger partial charge in [-0.2, -0.15) is 0 Å². The molecule has 10 aromatic rings. The first-order valence-electron chi connectivity index (χ1n) is 26.2. The molecule has 3 aromatic heterocycles. The molecule has 0 saturated heterocycles. The van der Waals surface area contributed by atoms with E-state index < -0.39 is 245 Å². The summed E-state index contributed by atoms with van der Waals surface area (Å²) in [5, 5.41) is -2.87. The summed E-state index contributed by atoms with van der Waals surface area (Å²) in [5.74, 6) is 0. The number of para-hydroxylation sites is 3. The Morgan fingerprint density at radius 1 is 0.400 bits per heavy atom. The Balaban J connectivity index is 1.49. The molecular weight excluding hydrogens is 548 g/mol. The lowest BCUT2D eigenvalue weighted by molar-refractivity contribution is 0.668. The molecule has 0 aliphatic carbocycles. The monoisotopic (exact) mass is 600 g/mol. The SMILES string of the molecule is [2H]c1c([2H])c([2H])c(-c2c([2H])c([2H])c([2H])c3oc4c([2H])c(-n5c6c([2H])c([2H])c([2H])c([2H])c6c6c7c8c([2H])c([2H])c([2H])c([2H])c8n(-c8c([2H])c([2H])c([2H])c([2H])c8[2H])c7c([2H])c([2H])c65)c([2H])c([2H])c4c23)c([2H])c1[2H]. The summed E-state index contributed by atoms with van der Waals surface area (Å²) in [6.07, 6.45) is 0. The largest absolute Gasteiger partial charge is 0.456 e. The molecule has 0 bridgehead atoms. The minimum absolute atomic E-state index is 0.439. The highest BCUT2D eigenvalue weighted by atomic mass is 16.3. The van der Waals surface area contributed by atoms with Gasteiger partial charge in [0.15, 0.2) is 0 Å². The van der Waals surface area contributed by atoms with Crippen LogP contribution in [0.4, 0.5) is 0 Å². The number of hydrogen-bond acceptors (Lipinski definition) is 1. The van der Waals surface area contributed by atoms with Crippen LogP contribution in [0.25, 0.3) is 88.1 Å². The van der Waals surface area contributed by atoms with E-state index in [1.165, 1.54) is 0 Å². The summed E-state index contributed by atoms with van der Waals surface area (Å²) in [5.41, 5.74) is -6.29. The van der Waals surface area contributed by atoms with E-state index in [-0.39, 0.29) is 0 Å². The third-order valence-electron chi connectivity index (χ3n) is 7.50. The molecule has 3 heteroatoms. The highest BCUT2D eigenvalue weighted by molar-refractivity contribution is 6.29. The molecule has 0 saturated carbocycles. The van der Waals surface area contributed by atoms with Crippen LogP contribution in [0, 0.1) is 0 Å². The molecule has 0 atom stereocenters. The maximum absolute atomic E-state index is 9.71. The molecule has 0 radical (unpaired) electrons. The number of aromatic nitrogens is 2. The Labute approximate surface area is 295 Å². The summed E-state index contributed by atoms with van der Waals surface area (Å²) in [6, 6.07) is -22.5. The van der Waals surface area contributed by atoms with Crippen molar-refractivity contribution in [1.29, 1.82) is 0 Å². The molecule has 0 amide bonds. The summed E-state index contributed by atoms with van der Waals surface area (Å²) in [6.45, 7) is 0. The van der Waals surface area contributed by atoms with E-state index >= 15 is 0 Å². The van der Waals surface area contributed by atoms with Crippen molar-refractivity contribution in [3.05, 3.63) is 157 Å². The van der Waals surface area contributed by atoms with E-state index in [1.807, 2.05) is 0 Å². The predicted molar refractivity (Wildman–Crippen MR) is 188 cm³/mol. The summed E-state index contributed by atoms with van der Waals surface area (Å²) < 4.78 is 239. The van der Waals surface area contributed by atoms with Gasteiger partial charge in [-0.05, 0) is 65.5 Å². The van der Waals surface area contributed by atoms with Crippen LogP contribution in [0.3, 0.4) is 0 Å².